The van der Waals surface area contributed by atoms with Crippen molar-refractivity contribution in [1.82, 2.24) is 9.97 Å². The van der Waals surface area contributed by atoms with E-state index in [1.54, 1.807) is 12.4 Å². The van der Waals surface area contributed by atoms with Gasteiger partial charge < -0.3 is 11.1 Å². The molecule has 84 valence electrons. The summed E-state index contributed by atoms with van der Waals surface area (Å²) in [5, 5.41) is 3.17. The van der Waals surface area contributed by atoms with Gasteiger partial charge in [0.25, 0.3) is 0 Å². The van der Waals surface area contributed by atoms with E-state index >= 15 is 0 Å². The minimum absolute atomic E-state index is 0.158. The molecule has 0 spiro atoms. The maximum atomic E-state index is 6.16. The molecule has 0 aromatic carbocycles. The molecule has 0 radical (unpaired) electrons. The number of aryl methyl sites for hydroxylation is 1. The van der Waals surface area contributed by atoms with Gasteiger partial charge in [-0.15, -0.1) is 0 Å². The third-order valence-electron chi connectivity index (χ3n) is 2.79. The van der Waals surface area contributed by atoms with Crippen LogP contribution in [0.1, 0.15) is 32.3 Å². The third-order valence-corrected chi connectivity index (χ3v) is 2.79. The maximum absolute atomic E-state index is 6.16. The van der Waals surface area contributed by atoms with Gasteiger partial charge in [-0.3, -0.25) is 0 Å². The minimum atomic E-state index is -0.158. The second kappa shape index (κ2) is 5.07. The van der Waals surface area contributed by atoms with Crippen LogP contribution in [0.25, 0.3) is 0 Å². The van der Waals surface area contributed by atoms with Gasteiger partial charge >= 0.3 is 0 Å². The summed E-state index contributed by atoms with van der Waals surface area (Å²) in [5.74, 6) is 0.650. The fourth-order valence-electron chi connectivity index (χ4n) is 1.24. The van der Waals surface area contributed by atoms with Crippen LogP contribution >= 0.6 is 0 Å². The fourth-order valence-corrected chi connectivity index (χ4v) is 1.24. The van der Waals surface area contributed by atoms with Crippen molar-refractivity contribution < 1.29 is 0 Å². The van der Waals surface area contributed by atoms with E-state index in [1.165, 1.54) is 0 Å². The third kappa shape index (κ3) is 3.47. The topological polar surface area (TPSA) is 63.8 Å². The number of hydrogen-bond acceptors (Lipinski definition) is 4. The molecule has 1 aromatic heterocycles. The Kier molecular flexibility index (Phi) is 4.03. The smallest absolute Gasteiger partial charge is 0.222 e. The number of aromatic nitrogens is 2. The SMILES string of the molecule is CCC(N)(CC)CNc1ncc(C)cn1. The lowest BCUT2D eigenvalue weighted by Gasteiger charge is -2.26. The zero-order valence-electron chi connectivity index (χ0n) is 9.75. The van der Waals surface area contributed by atoms with Crippen LogP contribution in [0.4, 0.5) is 5.95 Å². The second-order valence-electron chi connectivity index (χ2n) is 4.01. The Bertz CT molecular complexity index is 290. The molecule has 0 aliphatic rings. The average Bonchev–Trinajstić information content (AvgIpc) is 2.28. The Morgan fingerprint density at radius 1 is 1.27 bits per heavy atom. The van der Waals surface area contributed by atoms with Crippen molar-refractivity contribution in [2.75, 3.05) is 11.9 Å². The molecule has 0 saturated carbocycles. The van der Waals surface area contributed by atoms with Crippen LogP contribution in [-0.2, 0) is 0 Å². The summed E-state index contributed by atoms with van der Waals surface area (Å²) in [7, 11) is 0. The molecule has 1 rings (SSSR count). The molecule has 0 fully saturated rings. The van der Waals surface area contributed by atoms with E-state index in [1.807, 2.05) is 6.92 Å². The zero-order chi connectivity index (χ0) is 11.3. The highest BCUT2D eigenvalue weighted by atomic mass is 15.1. The Morgan fingerprint density at radius 2 is 1.80 bits per heavy atom. The van der Waals surface area contributed by atoms with Gasteiger partial charge in [-0.25, -0.2) is 9.97 Å². The first-order valence-electron chi connectivity index (χ1n) is 5.41. The molecule has 0 aliphatic carbocycles. The number of nitrogens with zero attached hydrogens (tertiary/aromatic N) is 2. The van der Waals surface area contributed by atoms with E-state index in [-0.39, 0.29) is 5.54 Å². The lowest BCUT2D eigenvalue weighted by Crippen LogP contribution is -2.45. The predicted octanol–water partition coefficient (Wildman–Crippen LogP) is 1.71. The van der Waals surface area contributed by atoms with E-state index in [0.29, 0.717) is 12.5 Å². The van der Waals surface area contributed by atoms with Gasteiger partial charge in [0.05, 0.1) is 0 Å². The van der Waals surface area contributed by atoms with Gasteiger partial charge in [-0.1, -0.05) is 13.8 Å². The molecule has 4 heteroatoms. The second-order valence-corrected chi connectivity index (χ2v) is 4.01. The minimum Gasteiger partial charge on any atom is -0.352 e. The molecule has 1 aromatic rings. The first-order valence-corrected chi connectivity index (χ1v) is 5.41. The standard InChI is InChI=1S/C11H20N4/c1-4-11(12,5-2)8-15-10-13-6-9(3)7-14-10/h6-7H,4-5,8,12H2,1-3H3,(H,13,14,15). The van der Waals surface area contributed by atoms with Crippen LogP contribution in [0, 0.1) is 6.92 Å². The number of hydrogen-bond donors (Lipinski definition) is 2. The first kappa shape index (κ1) is 11.9. The molecule has 3 N–H and O–H groups in total. The van der Waals surface area contributed by atoms with Crippen molar-refractivity contribution in [3.63, 3.8) is 0 Å². The Morgan fingerprint density at radius 3 is 2.27 bits per heavy atom. The summed E-state index contributed by atoms with van der Waals surface area (Å²) in [6.45, 7) is 6.88. The Hall–Kier alpha value is -1.16. The Balaban J connectivity index is 2.53. The highest BCUT2D eigenvalue weighted by Crippen LogP contribution is 2.11. The highest BCUT2D eigenvalue weighted by molar-refractivity contribution is 5.25. The van der Waals surface area contributed by atoms with Crippen LogP contribution in [0.15, 0.2) is 12.4 Å². The van der Waals surface area contributed by atoms with Gasteiger partial charge in [0.1, 0.15) is 0 Å². The van der Waals surface area contributed by atoms with Gasteiger partial charge in [-0.2, -0.15) is 0 Å². The van der Waals surface area contributed by atoms with Crippen LogP contribution in [0.5, 0.6) is 0 Å². The van der Waals surface area contributed by atoms with Crippen molar-refractivity contribution in [2.24, 2.45) is 5.73 Å². The summed E-state index contributed by atoms with van der Waals surface area (Å²) in [4.78, 5) is 8.34. The molecule has 0 amide bonds. The van der Waals surface area contributed by atoms with Gasteiger partial charge in [0.2, 0.25) is 5.95 Å². The van der Waals surface area contributed by atoms with Crippen LogP contribution < -0.4 is 11.1 Å². The van der Waals surface area contributed by atoms with Crippen molar-refractivity contribution in [3.8, 4) is 0 Å². The van der Waals surface area contributed by atoms with Crippen molar-refractivity contribution >= 4 is 5.95 Å². The quantitative estimate of drug-likeness (QED) is 0.773. The monoisotopic (exact) mass is 208 g/mol. The molecule has 1 heterocycles. The van der Waals surface area contributed by atoms with E-state index < -0.39 is 0 Å². The zero-order valence-corrected chi connectivity index (χ0v) is 9.75. The van der Waals surface area contributed by atoms with Crippen molar-refractivity contribution in [1.29, 1.82) is 0 Å². The molecular weight excluding hydrogens is 188 g/mol. The summed E-state index contributed by atoms with van der Waals surface area (Å²) >= 11 is 0. The van der Waals surface area contributed by atoms with Crippen molar-refractivity contribution in [2.45, 2.75) is 39.2 Å². The molecule has 0 aliphatic heterocycles. The number of nitrogens with two attached hydrogens (primary N) is 1. The molecular formula is C11H20N4. The molecule has 0 unspecified atom stereocenters. The summed E-state index contributed by atoms with van der Waals surface area (Å²) in [5.41, 5.74) is 7.06. The highest BCUT2D eigenvalue weighted by Gasteiger charge is 2.19. The first-order chi connectivity index (χ1) is 7.09. The summed E-state index contributed by atoms with van der Waals surface area (Å²) < 4.78 is 0. The molecule has 0 saturated heterocycles. The lowest BCUT2D eigenvalue weighted by molar-refractivity contribution is 0.417. The molecule has 0 atom stereocenters. The van der Waals surface area contributed by atoms with E-state index in [0.717, 1.165) is 18.4 Å². The molecule has 0 bridgehead atoms. The van der Waals surface area contributed by atoms with Crippen molar-refractivity contribution in [3.05, 3.63) is 18.0 Å². The molecule has 4 nitrogen and oxygen atoms in total. The largest absolute Gasteiger partial charge is 0.352 e. The number of nitrogens with one attached hydrogen (secondary N) is 1. The van der Waals surface area contributed by atoms with Gasteiger partial charge in [0.15, 0.2) is 0 Å². The predicted molar refractivity (Wildman–Crippen MR) is 62.8 cm³/mol. The van der Waals surface area contributed by atoms with E-state index in [9.17, 15) is 0 Å². The molecule has 15 heavy (non-hydrogen) atoms. The number of anilines is 1. The van der Waals surface area contributed by atoms with E-state index in [2.05, 4.69) is 29.1 Å². The summed E-state index contributed by atoms with van der Waals surface area (Å²) in [6.07, 6.45) is 5.49. The normalized spacial score (nSPS) is 11.5. The van der Waals surface area contributed by atoms with Gasteiger partial charge in [0, 0.05) is 24.5 Å². The fraction of sp³-hybridized carbons (Fsp3) is 0.636. The van der Waals surface area contributed by atoms with E-state index in [4.69, 9.17) is 5.73 Å². The van der Waals surface area contributed by atoms with Gasteiger partial charge in [-0.05, 0) is 25.3 Å². The average molecular weight is 208 g/mol. The van der Waals surface area contributed by atoms with Crippen LogP contribution in [0.3, 0.4) is 0 Å². The lowest BCUT2D eigenvalue weighted by atomic mass is 9.94. The number of rotatable bonds is 5. The van der Waals surface area contributed by atoms with Crippen LogP contribution in [-0.4, -0.2) is 22.1 Å². The summed E-state index contributed by atoms with van der Waals surface area (Å²) in [6, 6.07) is 0. The Labute approximate surface area is 91.3 Å². The van der Waals surface area contributed by atoms with Crippen LogP contribution in [0.2, 0.25) is 0 Å². The maximum Gasteiger partial charge on any atom is 0.222 e.